The molecule has 0 N–H and O–H groups in total. The predicted octanol–water partition coefficient (Wildman–Crippen LogP) is 13.4. The second-order valence-corrected chi connectivity index (χ2v) is 14.4. The van der Waals surface area contributed by atoms with Gasteiger partial charge < -0.3 is 13.4 Å². The molecule has 8 aromatic carbocycles. The van der Waals surface area contributed by atoms with E-state index in [4.69, 9.17) is 23.8 Å². The molecular weight excluding hydrogens is 701 g/mol. The third-order valence-corrected chi connectivity index (χ3v) is 11.1. The van der Waals surface area contributed by atoms with Crippen LogP contribution in [0, 0.1) is 0 Å². The summed E-state index contributed by atoms with van der Waals surface area (Å²) in [4.78, 5) is 14.9. The van der Waals surface area contributed by atoms with E-state index < -0.39 is 0 Å². The van der Waals surface area contributed by atoms with E-state index in [9.17, 15) is 0 Å². The van der Waals surface area contributed by atoms with E-state index >= 15 is 0 Å². The molecule has 0 aliphatic heterocycles. The molecule has 0 spiro atoms. The zero-order valence-corrected chi connectivity index (χ0v) is 30.4. The van der Waals surface area contributed by atoms with Gasteiger partial charge in [-0.3, -0.25) is 0 Å². The summed E-state index contributed by atoms with van der Waals surface area (Å²) in [6.45, 7) is 0. The number of benzene rings is 8. The lowest BCUT2D eigenvalue weighted by atomic mass is 10.00. The molecule has 0 aliphatic rings. The van der Waals surface area contributed by atoms with E-state index in [-0.39, 0.29) is 0 Å². The van der Waals surface area contributed by atoms with Crippen LogP contribution in [0.1, 0.15) is 0 Å². The molecule has 0 fully saturated rings. The number of hydrogen-bond donors (Lipinski definition) is 0. The van der Waals surface area contributed by atoms with Gasteiger partial charge in [0.25, 0.3) is 0 Å². The van der Waals surface area contributed by atoms with Crippen molar-refractivity contribution in [1.82, 2.24) is 19.5 Å². The fraction of sp³-hybridized carbons (Fsp3) is 0. The summed E-state index contributed by atoms with van der Waals surface area (Å²) in [7, 11) is 0. The van der Waals surface area contributed by atoms with Crippen molar-refractivity contribution in [3.05, 3.63) is 182 Å². The highest BCUT2D eigenvalue weighted by Crippen LogP contribution is 2.42. The van der Waals surface area contributed by atoms with Crippen LogP contribution in [-0.4, -0.2) is 19.5 Å². The molecule has 6 heteroatoms. The highest BCUT2D eigenvalue weighted by atomic mass is 16.3. The molecule has 266 valence electrons. The number of fused-ring (bicyclic) bond motifs is 9. The number of furan rings is 2. The second kappa shape index (κ2) is 12.3. The van der Waals surface area contributed by atoms with Crippen molar-refractivity contribution in [1.29, 1.82) is 0 Å². The summed E-state index contributed by atoms with van der Waals surface area (Å²) in [6.07, 6.45) is 0. The minimum atomic E-state index is 0.556. The first-order valence-corrected chi connectivity index (χ1v) is 19.0. The fourth-order valence-corrected chi connectivity index (χ4v) is 8.43. The Kier molecular flexibility index (Phi) is 6.83. The summed E-state index contributed by atoms with van der Waals surface area (Å²) in [5.41, 5.74) is 11.3. The van der Waals surface area contributed by atoms with Crippen LogP contribution in [0.3, 0.4) is 0 Å². The standard InChI is InChI=1S/C51H30N4O2/c1-3-13-31(14-4-1)49-52-50(32-15-5-2-6-16-32)54-51(53-49)41-22-12-21-40-39-20-11-19-35(47(39)57-48(40)41)33-25-28-45-42(29-33)38-27-26-34(30-46(38)56-45)55-43-23-9-7-17-36(43)37-18-8-10-24-44(37)55/h1-30H. The summed E-state index contributed by atoms with van der Waals surface area (Å²) in [5.74, 6) is 1.77. The molecule has 4 heterocycles. The monoisotopic (exact) mass is 730 g/mol. The van der Waals surface area contributed by atoms with Crippen LogP contribution in [0.5, 0.6) is 0 Å². The molecule has 0 saturated carbocycles. The Balaban J connectivity index is 0.996. The smallest absolute Gasteiger partial charge is 0.167 e. The van der Waals surface area contributed by atoms with Gasteiger partial charge >= 0.3 is 0 Å². The molecule has 12 aromatic rings. The third-order valence-electron chi connectivity index (χ3n) is 11.1. The third kappa shape index (κ3) is 4.94. The Labute approximate surface area is 325 Å². The Bertz CT molecular complexity index is 3410. The zero-order valence-electron chi connectivity index (χ0n) is 30.4. The molecule has 0 amide bonds. The largest absolute Gasteiger partial charge is 0.456 e. The first-order chi connectivity index (χ1) is 28.2. The Morgan fingerprint density at radius 3 is 1.56 bits per heavy atom. The molecule has 0 radical (unpaired) electrons. The summed E-state index contributed by atoms with van der Waals surface area (Å²) < 4.78 is 15.8. The van der Waals surface area contributed by atoms with Crippen LogP contribution in [0.4, 0.5) is 0 Å². The van der Waals surface area contributed by atoms with Crippen molar-refractivity contribution in [2.45, 2.75) is 0 Å². The van der Waals surface area contributed by atoms with Crippen molar-refractivity contribution in [2.24, 2.45) is 0 Å². The average Bonchev–Trinajstić information content (AvgIpc) is 3.96. The first kappa shape index (κ1) is 31.5. The minimum Gasteiger partial charge on any atom is -0.456 e. The van der Waals surface area contributed by atoms with Gasteiger partial charge in [-0.1, -0.05) is 133 Å². The van der Waals surface area contributed by atoms with E-state index in [2.05, 4.69) is 114 Å². The molecule has 0 saturated heterocycles. The highest BCUT2D eigenvalue weighted by molar-refractivity contribution is 6.14. The minimum absolute atomic E-state index is 0.556. The van der Waals surface area contributed by atoms with Crippen molar-refractivity contribution in [2.75, 3.05) is 0 Å². The van der Waals surface area contributed by atoms with Gasteiger partial charge in [0, 0.05) is 60.8 Å². The van der Waals surface area contributed by atoms with Crippen LogP contribution in [0.25, 0.3) is 117 Å². The number of rotatable bonds is 5. The normalized spacial score (nSPS) is 11.9. The number of aromatic nitrogens is 4. The van der Waals surface area contributed by atoms with E-state index in [0.29, 0.717) is 17.5 Å². The maximum atomic E-state index is 6.90. The highest BCUT2D eigenvalue weighted by Gasteiger charge is 2.20. The van der Waals surface area contributed by atoms with E-state index in [1.807, 2.05) is 72.8 Å². The van der Waals surface area contributed by atoms with Gasteiger partial charge in [-0.15, -0.1) is 0 Å². The second-order valence-electron chi connectivity index (χ2n) is 14.4. The lowest BCUT2D eigenvalue weighted by Crippen LogP contribution is -2.00. The lowest BCUT2D eigenvalue weighted by Gasteiger charge is -2.08. The Morgan fingerprint density at radius 2 is 0.895 bits per heavy atom. The molecule has 0 bridgehead atoms. The molecule has 6 nitrogen and oxygen atoms in total. The first-order valence-electron chi connectivity index (χ1n) is 19.0. The molecule has 0 atom stereocenters. The topological polar surface area (TPSA) is 69.9 Å². The predicted molar refractivity (Wildman–Crippen MR) is 230 cm³/mol. The van der Waals surface area contributed by atoms with Crippen LogP contribution in [0.2, 0.25) is 0 Å². The van der Waals surface area contributed by atoms with Crippen LogP contribution < -0.4 is 0 Å². The summed E-state index contributed by atoms with van der Waals surface area (Å²) in [6, 6.07) is 62.6. The van der Waals surface area contributed by atoms with Crippen molar-refractivity contribution >= 4 is 65.7 Å². The van der Waals surface area contributed by atoms with Crippen molar-refractivity contribution in [3.63, 3.8) is 0 Å². The van der Waals surface area contributed by atoms with Gasteiger partial charge in [0.05, 0.1) is 16.6 Å². The Hall–Kier alpha value is -7.83. The molecule has 12 rings (SSSR count). The fourth-order valence-electron chi connectivity index (χ4n) is 8.43. The van der Waals surface area contributed by atoms with Crippen molar-refractivity contribution in [3.8, 4) is 51.0 Å². The van der Waals surface area contributed by atoms with Gasteiger partial charge in [-0.05, 0) is 48.0 Å². The number of hydrogen-bond acceptors (Lipinski definition) is 5. The van der Waals surface area contributed by atoms with Crippen LogP contribution in [-0.2, 0) is 0 Å². The summed E-state index contributed by atoms with van der Waals surface area (Å²) in [5, 5.41) is 6.61. The molecule has 4 aromatic heterocycles. The number of nitrogens with zero attached hydrogens (tertiary/aromatic N) is 4. The van der Waals surface area contributed by atoms with E-state index in [1.165, 1.54) is 21.8 Å². The summed E-state index contributed by atoms with van der Waals surface area (Å²) >= 11 is 0. The Morgan fingerprint density at radius 1 is 0.333 bits per heavy atom. The molecule has 57 heavy (non-hydrogen) atoms. The molecular formula is C51H30N4O2. The van der Waals surface area contributed by atoms with Gasteiger partial charge in [-0.25, -0.2) is 15.0 Å². The quantitative estimate of drug-likeness (QED) is 0.176. The molecule has 0 unspecified atom stereocenters. The van der Waals surface area contributed by atoms with Crippen molar-refractivity contribution < 1.29 is 8.83 Å². The molecule has 0 aliphatic carbocycles. The van der Waals surface area contributed by atoms with Gasteiger partial charge in [0.15, 0.2) is 17.5 Å². The van der Waals surface area contributed by atoms with E-state index in [0.717, 1.165) is 77.4 Å². The van der Waals surface area contributed by atoms with Gasteiger partial charge in [0.2, 0.25) is 0 Å². The zero-order chi connectivity index (χ0) is 37.5. The lowest BCUT2D eigenvalue weighted by molar-refractivity contribution is 0.668. The van der Waals surface area contributed by atoms with Crippen LogP contribution >= 0.6 is 0 Å². The number of para-hydroxylation sites is 4. The SMILES string of the molecule is c1ccc(-c2nc(-c3ccccc3)nc(-c3cccc4c3oc3c(-c5ccc6oc7cc(-n8c9ccccc9c9ccccc98)ccc7c6c5)cccc34)n2)cc1. The van der Waals surface area contributed by atoms with Crippen LogP contribution in [0.15, 0.2) is 191 Å². The van der Waals surface area contributed by atoms with E-state index in [1.54, 1.807) is 0 Å². The maximum absolute atomic E-state index is 6.90. The average molecular weight is 731 g/mol. The van der Waals surface area contributed by atoms with Gasteiger partial charge in [0.1, 0.15) is 22.3 Å². The van der Waals surface area contributed by atoms with Gasteiger partial charge in [-0.2, -0.15) is 0 Å². The maximum Gasteiger partial charge on any atom is 0.167 e.